The number of para-hydroxylation sites is 1. The maximum Gasteiger partial charge on any atom is 0.124 e. The fourth-order valence-corrected chi connectivity index (χ4v) is 8.98. The Hall–Kier alpha value is -3.07. The average Bonchev–Trinajstić information content (AvgIpc) is 3.32. The van der Waals surface area contributed by atoms with Gasteiger partial charge in [-0.1, -0.05) is 74.6 Å². The highest BCUT2D eigenvalue weighted by Gasteiger charge is 2.44. The lowest BCUT2D eigenvalue weighted by Gasteiger charge is -2.55. The molecule has 46 heavy (non-hydrogen) atoms. The van der Waals surface area contributed by atoms with Gasteiger partial charge < -0.3 is 9.47 Å². The zero-order valence-corrected chi connectivity index (χ0v) is 28.5. The van der Waals surface area contributed by atoms with Gasteiger partial charge in [-0.05, 0) is 91.7 Å². The van der Waals surface area contributed by atoms with Crippen LogP contribution in [-0.4, -0.2) is 39.6 Å². The molecule has 1 aromatic heterocycles. The van der Waals surface area contributed by atoms with E-state index in [4.69, 9.17) is 23.0 Å². The van der Waals surface area contributed by atoms with E-state index < -0.39 is 0 Å². The summed E-state index contributed by atoms with van der Waals surface area (Å²) in [5.41, 5.74) is 6.51. The minimum absolute atomic E-state index is 0.0358. The third-order valence-electron chi connectivity index (χ3n) is 11.5. The molecular formula is C40H48ClFN4. The first kappa shape index (κ1) is 31.5. The maximum atomic E-state index is 15.5. The molecular weight excluding hydrogens is 591 g/mol. The van der Waals surface area contributed by atoms with Crippen LogP contribution < -0.4 is 4.90 Å². The van der Waals surface area contributed by atoms with Gasteiger partial charge in [0.2, 0.25) is 0 Å². The molecule has 2 saturated carbocycles. The van der Waals surface area contributed by atoms with E-state index in [2.05, 4.69) is 71.4 Å². The Morgan fingerprint density at radius 3 is 2.61 bits per heavy atom. The summed E-state index contributed by atoms with van der Waals surface area (Å²) in [6, 6.07) is 14.2. The quantitative estimate of drug-likeness (QED) is 0.207. The first-order valence-electron chi connectivity index (χ1n) is 17.5. The molecule has 0 N–H and O–H groups in total. The van der Waals surface area contributed by atoms with Crippen molar-refractivity contribution in [3.63, 3.8) is 0 Å². The van der Waals surface area contributed by atoms with Crippen LogP contribution in [0.3, 0.4) is 0 Å². The van der Waals surface area contributed by atoms with Gasteiger partial charge in [-0.2, -0.15) is 0 Å². The Morgan fingerprint density at radius 1 is 1.11 bits per heavy atom. The third kappa shape index (κ3) is 5.82. The second-order valence-electron chi connectivity index (χ2n) is 14.7. The summed E-state index contributed by atoms with van der Waals surface area (Å²) in [7, 11) is 0. The predicted octanol–water partition coefficient (Wildman–Crippen LogP) is 9.43. The number of hydrogen-bond acceptors (Lipinski definition) is 3. The van der Waals surface area contributed by atoms with Crippen molar-refractivity contribution < 1.29 is 4.39 Å². The normalized spacial score (nSPS) is 24.8. The Morgan fingerprint density at radius 2 is 1.91 bits per heavy atom. The fraction of sp³-hybridized carbons (Fsp3) is 0.525. The molecule has 2 heterocycles. The van der Waals surface area contributed by atoms with E-state index in [1.54, 1.807) is 0 Å². The third-order valence-corrected chi connectivity index (χ3v) is 11.8. The molecule has 0 spiro atoms. The average molecular weight is 639 g/mol. The summed E-state index contributed by atoms with van der Waals surface area (Å²) >= 11 is 6.74. The van der Waals surface area contributed by atoms with Crippen molar-refractivity contribution in [2.45, 2.75) is 104 Å². The number of halogens is 2. The van der Waals surface area contributed by atoms with Gasteiger partial charge in [-0.25, -0.2) is 9.37 Å². The Labute approximate surface area is 279 Å². The molecule has 7 rings (SSSR count). The van der Waals surface area contributed by atoms with E-state index in [1.807, 2.05) is 18.2 Å². The smallest absolute Gasteiger partial charge is 0.124 e. The van der Waals surface area contributed by atoms with Crippen molar-refractivity contribution >= 4 is 28.3 Å². The number of imidazole rings is 1. The van der Waals surface area contributed by atoms with Crippen molar-refractivity contribution in [3.8, 4) is 12.3 Å². The van der Waals surface area contributed by atoms with Gasteiger partial charge in [0.05, 0.1) is 17.1 Å². The van der Waals surface area contributed by atoms with Crippen molar-refractivity contribution in [2.75, 3.05) is 18.0 Å². The molecule has 0 amide bonds. The number of rotatable bonds is 10. The predicted molar refractivity (Wildman–Crippen MR) is 189 cm³/mol. The molecule has 1 aliphatic heterocycles. The monoisotopic (exact) mass is 638 g/mol. The molecule has 4 unspecified atom stereocenters. The fourth-order valence-electron chi connectivity index (χ4n) is 8.67. The zero-order valence-electron chi connectivity index (χ0n) is 27.7. The molecule has 1 saturated heterocycles. The van der Waals surface area contributed by atoms with E-state index in [1.165, 1.54) is 54.4 Å². The number of allylic oxidation sites excluding steroid dienone is 4. The van der Waals surface area contributed by atoms with E-state index >= 15 is 4.39 Å². The Bertz CT molecular complexity index is 1710. The van der Waals surface area contributed by atoms with Crippen LogP contribution >= 0.6 is 11.6 Å². The first-order chi connectivity index (χ1) is 22.3. The number of aromatic nitrogens is 2. The maximum absolute atomic E-state index is 15.5. The summed E-state index contributed by atoms with van der Waals surface area (Å²) in [6.45, 7) is 10.5. The molecule has 3 aromatic rings. The number of terminal acetylenes is 1. The lowest BCUT2D eigenvalue weighted by Crippen LogP contribution is -2.64. The summed E-state index contributed by atoms with van der Waals surface area (Å²) < 4.78 is 18.0. The number of nitrogens with zero attached hydrogens (tertiary/aromatic N) is 4. The minimum atomic E-state index is -0.287. The van der Waals surface area contributed by atoms with Gasteiger partial charge in [0.15, 0.2) is 0 Å². The molecule has 3 aliphatic carbocycles. The van der Waals surface area contributed by atoms with Gasteiger partial charge in [-0.3, -0.25) is 4.90 Å². The van der Waals surface area contributed by atoms with Crippen LogP contribution in [0.15, 0.2) is 60.0 Å². The van der Waals surface area contributed by atoms with Crippen molar-refractivity contribution in [1.29, 1.82) is 0 Å². The van der Waals surface area contributed by atoms with E-state index in [0.717, 1.165) is 73.3 Å². The van der Waals surface area contributed by atoms with Crippen LogP contribution in [0, 0.1) is 36.5 Å². The number of fused-ring (bicyclic) bond motifs is 2. The van der Waals surface area contributed by atoms with Crippen LogP contribution in [0.4, 0.5) is 10.1 Å². The number of anilines is 1. The lowest BCUT2D eigenvalue weighted by molar-refractivity contribution is 0.0623. The molecule has 0 radical (unpaired) electrons. The second kappa shape index (κ2) is 12.9. The highest BCUT2D eigenvalue weighted by molar-refractivity contribution is 6.35. The molecule has 4 nitrogen and oxygen atoms in total. The van der Waals surface area contributed by atoms with Crippen LogP contribution in [0.5, 0.6) is 0 Å². The molecule has 2 aromatic carbocycles. The van der Waals surface area contributed by atoms with Gasteiger partial charge in [0.1, 0.15) is 17.2 Å². The highest BCUT2D eigenvalue weighted by atomic mass is 35.5. The number of piperazine rings is 1. The van der Waals surface area contributed by atoms with Crippen LogP contribution in [0.1, 0.15) is 82.2 Å². The van der Waals surface area contributed by atoms with Crippen LogP contribution in [0.25, 0.3) is 11.0 Å². The van der Waals surface area contributed by atoms with Gasteiger partial charge >= 0.3 is 0 Å². The molecule has 242 valence electrons. The van der Waals surface area contributed by atoms with E-state index in [0.29, 0.717) is 18.5 Å². The van der Waals surface area contributed by atoms with Crippen molar-refractivity contribution in [2.24, 2.45) is 17.3 Å². The lowest BCUT2D eigenvalue weighted by atomic mass is 9.70. The number of benzene rings is 2. The second-order valence-corrected chi connectivity index (χ2v) is 15.1. The summed E-state index contributed by atoms with van der Waals surface area (Å²) in [6.07, 6.45) is 19.1. The Balaban J connectivity index is 1.13. The summed E-state index contributed by atoms with van der Waals surface area (Å²) in [5.74, 6) is 4.44. The van der Waals surface area contributed by atoms with E-state index in [-0.39, 0.29) is 17.2 Å². The molecule has 6 heteroatoms. The SMILES string of the molecule is C#CC1C=CC(C(C)(CCC)Cc2ccccc2N2CCN(Cc3nc4c(Cl)cc(C)cc4n3CC3CCC3)C3CCC32)=C(F)C1. The van der Waals surface area contributed by atoms with Gasteiger partial charge in [0.25, 0.3) is 0 Å². The van der Waals surface area contributed by atoms with Crippen LogP contribution in [-0.2, 0) is 19.5 Å². The number of hydrogen-bond donors (Lipinski definition) is 0. The summed E-state index contributed by atoms with van der Waals surface area (Å²) in [4.78, 5) is 10.5. The van der Waals surface area contributed by atoms with Crippen LogP contribution in [0.2, 0.25) is 5.02 Å². The zero-order chi connectivity index (χ0) is 32.0. The van der Waals surface area contributed by atoms with Crippen molar-refractivity contribution in [1.82, 2.24) is 14.5 Å². The topological polar surface area (TPSA) is 24.3 Å². The van der Waals surface area contributed by atoms with Crippen molar-refractivity contribution in [3.05, 3.63) is 81.9 Å². The summed E-state index contributed by atoms with van der Waals surface area (Å²) in [5, 5.41) is 0.761. The number of aryl methyl sites for hydroxylation is 1. The molecule has 0 bridgehead atoms. The molecule has 4 atom stereocenters. The largest absolute Gasteiger partial charge is 0.365 e. The van der Waals surface area contributed by atoms with E-state index in [9.17, 15) is 0 Å². The van der Waals surface area contributed by atoms with Gasteiger partial charge in [0, 0.05) is 49.7 Å². The Kier molecular flexibility index (Phi) is 8.81. The van der Waals surface area contributed by atoms with Gasteiger partial charge in [-0.15, -0.1) is 6.42 Å². The highest BCUT2D eigenvalue weighted by Crippen LogP contribution is 2.45. The first-order valence-corrected chi connectivity index (χ1v) is 17.9. The minimum Gasteiger partial charge on any atom is -0.365 e. The molecule has 3 fully saturated rings. The molecule has 4 aliphatic rings. The standard InChI is InChI=1S/C40H48ClFN4/c1-5-18-40(4,31-15-14-28(6-2)23-33(31)42)24-30-12-7-8-13-34(30)45-20-19-44(35-16-17-36(35)45)26-38-43-39-32(41)21-27(3)22-37(39)46(38)25-29-10-9-11-29/h2,7-8,12-15,21-22,28-29,35-36H,5,9-11,16-20,23-26H2,1,3-4H3.